The highest BCUT2D eigenvalue weighted by molar-refractivity contribution is 5.93. The largest absolute Gasteiger partial charge is 0.359 e. The molecule has 2 aromatic rings. The maximum absolute atomic E-state index is 12.7. The number of rotatable bonds is 5. The van der Waals surface area contributed by atoms with Crippen molar-refractivity contribution in [2.75, 3.05) is 18.9 Å². The van der Waals surface area contributed by atoms with Crippen molar-refractivity contribution in [1.82, 2.24) is 16.2 Å². The highest BCUT2D eigenvalue weighted by atomic mass is 16.2. The van der Waals surface area contributed by atoms with Gasteiger partial charge in [-0.3, -0.25) is 15.0 Å². The molecule has 0 radical (unpaired) electrons. The van der Waals surface area contributed by atoms with Crippen LogP contribution in [-0.4, -0.2) is 25.4 Å². The van der Waals surface area contributed by atoms with Crippen LogP contribution < -0.4 is 21.5 Å². The second-order valence-electron chi connectivity index (χ2n) is 6.06. The Morgan fingerprint density at radius 2 is 1.80 bits per heavy atom. The van der Waals surface area contributed by atoms with Gasteiger partial charge in [-0.25, -0.2) is 5.43 Å². The summed E-state index contributed by atoms with van der Waals surface area (Å²) < 4.78 is 0. The Morgan fingerprint density at radius 1 is 1.08 bits per heavy atom. The van der Waals surface area contributed by atoms with Crippen LogP contribution in [0.4, 0.5) is 5.69 Å². The Morgan fingerprint density at radius 3 is 2.48 bits per heavy atom. The summed E-state index contributed by atoms with van der Waals surface area (Å²) in [5.41, 5.74) is 8.95. The molecule has 1 aliphatic heterocycles. The van der Waals surface area contributed by atoms with Crippen molar-refractivity contribution in [3.63, 3.8) is 0 Å². The van der Waals surface area contributed by atoms with E-state index in [2.05, 4.69) is 21.5 Å². The molecule has 1 aliphatic rings. The summed E-state index contributed by atoms with van der Waals surface area (Å²) >= 11 is 0. The molecule has 0 saturated carbocycles. The average Bonchev–Trinajstić information content (AvgIpc) is 3.14. The number of anilines is 1. The van der Waals surface area contributed by atoms with E-state index < -0.39 is 0 Å². The second kappa shape index (κ2) is 7.92. The van der Waals surface area contributed by atoms with Gasteiger partial charge in [-0.15, -0.1) is 0 Å². The van der Waals surface area contributed by atoms with Crippen LogP contribution in [0.2, 0.25) is 0 Å². The molecule has 3 rings (SSSR count). The number of amides is 2. The molecular weight excluding hydrogens is 316 g/mol. The maximum atomic E-state index is 12.7. The summed E-state index contributed by atoms with van der Waals surface area (Å²) in [5.74, 6) is -0.274. The highest BCUT2D eigenvalue weighted by Crippen LogP contribution is 2.26. The number of benzene rings is 2. The van der Waals surface area contributed by atoms with Crippen LogP contribution in [0.1, 0.15) is 17.2 Å². The van der Waals surface area contributed by atoms with Crippen molar-refractivity contribution < 1.29 is 9.59 Å². The zero-order chi connectivity index (χ0) is 17.6. The summed E-state index contributed by atoms with van der Waals surface area (Å²) in [4.78, 5) is 24.0. The third-order valence-electron chi connectivity index (χ3n) is 4.34. The van der Waals surface area contributed by atoms with Gasteiger partial charge in [0.15, 0.2) is 0 Å². The van der Waals surface area contributed by atoms with E-state index in [1.54, 1.807) is 7.05 Å². The van der Waals surface area contributed by atoms with Crippen molar-refractivity contribution in [2.24, 2.45) is 5.92 Å². The van der Waals surface area contributed by atoms with Crippen LogP contribution in [0.3, 0.4) is 0 Å². The number of carbonyl (C=O) groups is 2. The molecule has 25 heavy (non-hydrogen) atoms. The van der Waals surface area contributed by atoms with E-state index in [1.807, 2.05) is 54.6 Å². The van der Waals surface area contributed by atoms with Crippen molar-refractivity contribution in [3.8, 4) is 0 Å². The Kier molecular flexibility index (Phi) is 5.42. The van der Waals surface area contributed by atoms with Gasteiger partial charge < -0.3 is 10.6 Å². The fourth-order valence-electron chi connectivity index (χ4n) is 2.93. The topological polar surface area (TPSA) is 82.3 Å². The Labute approximate surface area is 147 Å². The molecule has 1 fully saturated rings. The van der Waals surface area contributed by atoms with Crippen molar-refractivity contribution in [1.29, 1.82) is 0 Å². The Bertz CT molecular complexity index is 731. The predicted molar refractivity (Wildman–Crippen MR) is 96.7 cm³/mol. The van der Waals surface area contributed by atoms with E-state index in [9.17, 15) is 9.59 Å². The van der Waals surface area contributed by atoms with Crippen LogP contribution in [0.5, 0.6) is 0 Å². The van der Waals surface area contributed by atoms with E-state index in [-0.39, 0.29) is 23.8 Å². The lowest BCUT2D eigenvalue weighted by Gasteiger charge is -2.18. The van der Waals surface area contributed by atoms with Crippen molar-refractivity contribution >= 4 is 17.5 Å². The maximum Gasteiger partial charge on any atom is 0.230 e. The van der Waals surface area contributed by atoms with Crippen molar-refractivity contribution in [3.05, 3.63) is 65.7 Å². The van der Waals surface area contributed by atoms with Crippen LogP contribution >= 0.6 is 0 Å². The number of hydrogen-bond acceptors (Lipinski definition) is 4. The van der Waals surface area contributed by atoms with E-state index in [0.717, 1.165) is 16.8 Å². The molecule has 2 aromatic carbocycles. The van der Waals surface area contributed by atoms with Gasteiger partial charge in [-0.1, -0.05) is 42.5 Å². The van der Waals surface area contributed by atoms with Crippen LogP contribution in [0.25, 0.3) is 0 Å². The molecule has 130 valence electrons. The van der Waals surface area contributed by atoms with E-state index in [4.69, 9.17) is 0 Å². The molecule has 2 unspecified atom stereocenters. The first kappa shape index (κ1) is 17.1. The molecule has 1 heterocycles. The number of likely N-dealkylation sites (N-methyl/N-ethyl adjacent to an activating group) is 1. The molecule has 2 amide bonds. The predicted octanol–water partition coefficient (Wildman–Crippen LogP) is 1.38. The van der Waals surface area contributed by atoms with Gasteiger partial charge >= 0.3 is 0 Å². The van der Waals surface area contributed by atoms with Gasteiger partial charge in [0.05, 0.1) is 18.4 Å². The van der Waals surface area contributed by atoms with Crippen LogP contribution in [0, 0.1) is 5.92 Å². The van der Waals surface area contributed by atoms with Gasteiger partial charge in [-0.2, -0.15) is 0 Å². The first-order chi connectivity index (χ1) is 12.2. The van der Waals surface area contributed by atoms with Crippen LogP contribution in [-0.2, 0) is 16.0 Å². The zero-order valence-electron chi connectivity index (χ0n) is 14.1. The quantitative estimate of drug-likeness (QED) is 0.664. The second-order valence-corrected chi connectivity index (χ2v) is 6.06. The first-order valence-corrected chi connectivity index (χ1v) is 8.31. The zero-order valence-corrected chi connectivity index (χ0v) is 14.1. The molecular formula is C19H22N4O2. The number of nitrogens with one attached hydrogen (secondary N) is 4. The summed E-state index contributed by atoms with van der Waals surface area (Å²) in [5, 5.41) is 5.55. The lowest BCUT2D eigenvalue weighted by atomic mass is 9.94. The van der Waals surface area contributed by atoms with Gasteiger partial charge in [0, 0.05) is 19.3 Å². The summed E-state index contributed by atoms with van der Waals surface area (Å²) in [7, 11) is 1.61. The summed E-state index contributed by atoms with van der Waals surface area (Å²) in [6.07, 6.45) is 0.331. The third kappa shape index (κ3) is 4.23. The molecule has 6 heteroatoms. The highest BCUT2D eigenvalue weighted by Gasteiger charge is 2.33. The van der Waals surface area contributed by atoms with Gasteiger partial charge in [0.2, 0.25) is 11.8 Å². The van der Waals surface area contributed by atoms with Gasteiger partial charge in [0.25, 0.3) is 0 Å². The third-order valence-corrected chi connectivity index (χ3v) is 4.34. The summed E-state index contributed by atoms with van der Waals surface area (Å²) in [6, 6.07) is 17.2. The molecule has 0 spiro atoms. The number of hydrazine groups is 1. The molecule has 0 aromatic heterocycles. The van der Waals surface area contributed by atoms with Crippen LogP contribution in [0.15, 0.2) is 54.6 Å². The number of carbonyl (C=O) groups excluding carboxylic acids is 2. The lowest BCUT2D eigenvalue weighted by molar-refractivity contribution is -0.120. The van der Waals surface area contributed by atoms with Crippen molar-refractivity contribution in [2.45, 2.75) is 12.5 Å². The standard InChI is InChI=1S/C19H22N4O2/c1-20-17(24)11-13-7-9-15(10-8-13)22-19(25)16-12-21-23-18(16)14-5-3-2-4-6-14/h2-10,16,18,21,23H,11-12H2,1H3,(H,20,24)(H,22,25). The monoisotopic (exact) mass is 338 g/mol. The average molecular weight is 338 g/mol. The minimum Gasteiger partial charge on any atom is -0.359 e. The van der Waals surface area contributed by atoms with Gasteiger partial charge in [-0.05, 0) is 23.3 Å². The molecule has 2 atom stereocenters. The minimum absolute atomic E-state index is 0.0365. The van der Waals surface area contributed by atoms with E-state index in [1.165, 1.54) is 0 Å². The van der Waals surface area contributed by atoms with E-state index >= 15 is 0 Å². The fraction of sp³-hybridized carbons (Fsp3) is 0.263. The minimum atomic E-state index is -0.201. The smallest absolute Gasteiger partial charge is 0.230 e. The molecule has 6 nitrogen and oxygen atoms in total. The van der Waals surface area contributed by atoms with E-state index in [0.29, 0.717) is 13.0 Å². The number of hydrogen-bond donors (Lipinski definition) is 4. The Balaban J connectivity index is 1.64. The fourth-order valence-corrected chi connectivity index (χ4v) is 2.93. The summed E-state index contributed by atoms with van der Waals surface area (Å²) in [6.45, 7) is 0.570. The molecule has 4 N–H and O–H groups in total. The SMILES string of the molecule is CNC(=O)Cc1ccc(NC(=O)C2CNNC2c2ccccc2)cc1. The first-order valence-electron chi connectivity index (χ1n) is 8.31. The van der Waals surface area contributed by atoms with Gasteiger partial charge in [0.1, 0.15) is 0 Å². The molecule has 0 aliphatic carbocycles. The normalized spacial score (nSPS) is 19.4. The molecule has 1 saturated heterocycles. The Hall–Kier alpha value is -2.70. The lowest BCUT2D eigenvalue weighted by Crippen LogP contribution is -2.29. The molecule has 0 bridgehead atoms.